The largest absolute Gasteiger partial charge is 0.497 e. The molecular weight excluding hydrogens is 492 g/mol. The van der Waals surface area contributed by atoms with Gasteiger partial charge >= 0.3 is 0 Å². The maximum Gasteiger partial charge on any atom is 0.259 e. The quantitative estimate of drug-likeness (QED) is 0.407. The third-order valence-electron chi connectivity index (χ3n) is 8.04. The first kappa shape index (κ1) is 25.0. The Labute approximate surface area is 226 Å². The van der Waals surface area contributed by atoms with Gasteiger partial charge in [0.2, 0.25) is 5.91 Å². The monoisotopic (exact) mass is 524 g/mol. The molecule has 4 aromatic rings. The van der Waals surface area contributed by atoms with E-state index in [1.165, 1.54) is 11.8 Å². The first-order chi connectivity index (χ1) is 18.7. The van der Waals surface area contributed by atoms with E-state index in [9.17, 15) is 14.4 Å². The number of imide groups is 1. The van der Waals surface area contributed by atoms with Crippen molar-refractivity contribution in [3.05, 3.63) is 81.4 Å². The molecule has 2 aromatic heterocycles. The second-order valence-electron chi connectivity index (χ2n) is 10.9. The SMILES string of the molecule is COc1ccc2cc([C@@H]3C4=C(CN(C(C)=O)C4=O)Nc4cccc5c4c3cn5CCC(C)C)c(=O)n(C)c2c1. The molecule has 0 fully saturated rings. The summed E-state index contributed by atoms with van der Waals surface area (Å²) in [5.41, 5.74) is 5.00. The lowest BCUT2D eigenvalue weighted by molar-refractivity contribution is -0.139. The highest BCUT2D eigenvalue weighted by molar-refractivity contribution is 6.11. The number of ether oxygens (including phenoxy) is 1. The van der Waals surface area contributed by atoms with E-state index in [0.29, 0.717) is 28.5 Å². The van der Waals surface area contributed by atoms with Gasteiger partial charge in [-0.3, -0.25) is 19.3 Å². The third kappa shape index (κ3) is 3.85. The summed E-state index contributed by atoms with van der Waals surface area (Å²) in [6, 6.07) is 13.6. The normalized spacial score (nSPS) is 16.7. The minimum atomic E-state index is -0.638. The summed E-state index contributed by atoms with van der Waals surface area (Å²) in [7, 11) is 3.34. The van der Waals surface area contributed by atoms with Gasteiger partial charge in [0, 0.05) is 61.0 Å². The molecule has 2 aliphatic rings. The highest BCUT2D eigenvalue weighted by Gasteiger charge is 2.42. The molecular formula is C31H32N4O4. The number of nitrogens with zero attached hydrogens (tertiary/aromatic N) is 3. The zero-order chi connectivity index (χ0) is 27.6. The number of carbonyl (C=O) groups excluding carboxylic acids is 2. The molecule has 1 N–H and O–H groups in total. The van der Waals surface area contributed by atoms with E-state index in [1.807, 2.05) is 36.4 Å². The van der Waals surface area contributed by atoms with Gasteiger partial charge in [0.05, 0.1) is 30.3 Å². The Bertz CT molecular complexity index is 1770. The molecule has 0 radical (unpaired) electrons. The Kier molecular flexibility index (Phi) is 5.86. The minimum absolute atomic E-state index is 0.152. The Morgan fingerprint density at radius 3 is 2.62 bits per heavy atom. The van der Waals surface area contributed by atoms with Crippen molar-refractivity contribution in [2.45, 2.75) is 39.7 Å². The van der Waals surface area contributed by atoms with Crippen molar-refractivity contribution in [1.29, 1.82) is 0 Å². The van der Waals surface area contributed by atoms with Gasteiger partial charge in [0.1, 0.15) is 5.75 Å². The topological polar surface area (TPSA) is 85.6 Å². The highest BCUT2D eigenvalue weighted by Crippen LogP contribution is 2.46. The van der Waals surface area contributed by atoms with E-state index < -0.39 is 5.92 Å². The molecule has 0 spiro atoms. The maximum absolute atomic E-state index is 14.0. The number of hydrogen-bond acceptors (Lipinski definition) is 5. The second-order valence-corrected chi connectivity index (χ2v) is 10.9. The van der Waals surface area contributed by atoms with E-state index >= 15 is 0 Å². The average Bonchev–Trinajstić information content (AvgIpc) is 3.40. The van der Waals surface area contributed by atoms with Crippen molar-refractivity contribution in [3.8, 4) is 5.75 Å². The van der Waals surface area contributed by atoms with Crippen LogP contribution in [-0.4, -0.2) is 39.5 Å². The smallest absolute Gasteiger partial charge is 0.259 e. The maximum atomic E-state index is 14.0. The molecule has 8 nitrogen and oxygen atoms in total. The third-order valence-corrected chi connectivity index (χ3v) is 8.04. The number of pyridine rings is 1. The zero-order valence-electron chi connectivity index (χ0n) is 22.9. The highest BCUT2D eigenvalue weighted by atomic mass is 16.5. The molecule has 1 atom stereocenters. The van der Waals surface area contributed by atoms with Crippen molar-refractivity contribution in [1.82, 2.24) is 14.0 Å². The van der Waals surface area contributed by atoms with Gasteiger partial charge in [-0.05, 0) is 53.6 Å². The predicted octanol–water partition coefficient (Wildman–Crippen LogP) is 4.75. The van der Waals surface area contributed by atoms with Gasteiger partial charge in [0.15, 0.2) is 0 Å². The molecule has 0 aliphatic carbocycles. The van der Waals surface area contributed by atoms with Crippen LogP contribution < -0.4 is 15.6 Å². The Morgan fingerprint density at radius 2 is 1.90 bits per heavy atom. The fourth-order valence-corrected chi connectivity index (χ4v) is 5.98. The Morgan fingerprint density at radius 1 is 1.10 bits per heavy atom. The molecule has 4 heterocycles. The molecule has 6 rings (SSSR count). The molecule has 200 valence electrons. The van der Waals surface area contributed by atoms with Gasteiger partial charge in [-0.2, -0.15) is 0 Å². The van der Waals surface area contributed by atoms with Crippen LogP contribution in [0.5, 0.6) is 5.75 Å². The van der Waals surface area contributed by atoms with Crippen molar-refractivity contribution < 1.29 is 14.3 Å². The van der Waals surface area contributed by atoms with Gasteiger partial charge in [-0.15, -0.1) is 0 Å². The Hall–Kier alpha value is -4.33. The summed E-state index contributed by atoms with van der Waals surface area (Å²) in [5, 5.41) is 5.36. The summed E-state index contributed by atoms with van der Waals surface area (Å²) in [4.78, 5) is 41.6. The number of aromatic nitrogens is 2. The number of amides is 2. The molecule has 0 saturated carbocycles. The minimum Gasteiger partial charge on any atom is -0.497 e. The van der Waals surface area contributed by atoms with Gasteiger partial charge in [-0.25, -0.2) is 0 Å². The standard InChI is InChI=1S/C31H32N4O4/c1-17(2)11-12-34-15-22-27(21-13-19-9-10-20(39-5)14-26(19)33(4)30(21)37)29-24(16-35(18(3)36)31(29)38)32-23-7-6-8-25(34)28(22)23/h6-10,13-15,17,27,32H,11-12,16H2,1-5H3/t27-/m0/s1. The summed E-state index contributed by atoms with van der Waals surface area (Å²) in [5.74, 6) is -0.130. The van der Waals surface area contributed by atoms with E-state index in [4.69, 9.17) is 4.74 Å². The number of aryl methyl sites for hydroxylation is 2. The molecule has 2 amide bonds. The number of hydrogen-bond donors (Lipinski definition) is 1. The fraction of sp³-hybridized carbons (Fsp3) is 0.323. The summed E-state index contributed by atoms with van der Waals surface area (Å²) < 4.78 is 9.24. The van der Waals surface area contributed by atoms with Gasteiger partial charge < -0.3 is 19.2 Å². The number of rotatable bonds is 5. The van der Waals surface area contributed by atoms with Crippen LogP contribution >= 0.6 is 0 Å². The first-order valence-corrected chi connectivity index (χ1v) is 13.3. The van der Waals surface area contributed by atoms with Crippen LogP contribution in [0.2, 0.25) is 0 Å². The number of methoxy groups -OCH3 is 1. The number of nitrogens with one attached hydrogen (secondary N) is 1. The van der Waals surface area contributed by atoms with Crippen LogP contribution in [0.15, 0.2) is 64.7 Å². The summed E-state index contributed by atoms with van der Waals surface area (Å²) in [6.07, 6.45) is 3.09. The van der Waals surface area contributed by atoms with Crippen molar-refractivity contribution in [2.24, 2.45) is 13.0 Å². The van der Waals surface area contributed by atoms with Crippen LogP contribution in [-0.2, 0) is 23.2 Å². The number of benzene rings is 2. The predicted molar refractivity (Wildman–Crippen MR) is 152 cm³/mol. The molecule has 8 heteroatoms. The van der Waals surface area contributed by atoms with Crippen LogP contribution in [0.1, 0.15) is 44.2 Å². The van der Waals surface area contributed by atoms with Crippen molar-refractivity contribution >= 4 is 39.3 Å². The van der Waals surface area contributed by atoms with Crippen LogP contribution in [0.3, 0.4) is 0 Å². The van der Waals surface area contributed by atoms with Crippen LogP contribution in [0.25, 0.3) is 21.8 Å². The van der Waals surface area contributed by atoms with Gasteiger partial charge in [-0.1, -0.05) is 19.9 Å². The lowest BCUT2D eigenvalue weighted by Gasteiger charge is -2.20. The number of anilines is 1. The summed E-state index contributed by atoms with van der Waals surface area (Å²) in [6.45, 7) is 6.77. The molecule has 0 bridgehead atoms. The van der Waals surface area contributed by atoms with E-state index in [1.54, 1.807) is 18.7 Å². The van der Waals surface area contributed by atoms with Crippen molar-refractivity contribution in [2.75, 3.05) is 19.0 Å². The molecule has 2 aromatic carbocycles. The molecule has 0 unspecified atom stereocenters. The average molecular weight is 525 g/mol. The van der Waals surface area contributed by atoms with E-state index in [0.717, 1.165) is 46.0 Å². The lowest BCUT2D eigenvalue weighted by Crippen LogP contribution is -2.34. The molecule has 0 saturated heterocycles. The number of carbonyl (C=O) groups is 2. The lowest BCUT2D eigenvalue weighted by atomic mass is 9.84. The van der Waals surface area contributed by atoms with Crippen LogP contribution in [0.4, 0.5) is 5.69 Å². The van der Waals surface area contributed by atoms with Gasteiger partial charge in [0.25, 0.3) is 11.5 Å². The zero-order valence-corrected chi connectivity index (χ0v) is 22.9. The second kappa shape index (κ2) is 9.15. The molecule has 2 aliphatic heterocycles. The fourth-order valence-electron chi connectivity index (χ4n) is 5.98. The number of fused-ring (bicyclic) bond motifs is 1. The first-order valence-electron chi connectivity index (χ1n) is 13.3. The summed E-state index contributed by atoms with van der Waals surface area (Å²) >= 11 is 0. The van der Waals surface area contributed by atoms with E-state index in [2.05, 4.69) is 36.0 Å². The van der Waals surface area contributed by atoms with Crippen molar-refractivity contribution in [3.63, 3.8) is 0 Å². The van der Waals surface area contributed by atoms with Crippen LogP contribution in [0, 0.1) is 5.92 Å². The Balaban J connectivity index is 1.65. The molecule has 39 heavy (non-hydrogen) atoms. The van der Waals surface area contributed by atoms with E-state index in [-0.39, 0.29) is 23.9 Å².